The molecule has 0 bridgehead atoms. The number of hydrogen-bond donors (Lipinski definition) is 1. The Morgan fingerprint density at radius 2 is 1.85 bits per heavy atom. The molecule has 0 saturated heterocycles. The second-order valence-electron chi connectivity index (χ2n) is 5.70. The van der Waals surface area contributed by atoms with Crippen LogP contribution in [0.25, 0.3) is 0 Å². The molecule has 0 unspecified atom stereocenters. The summed E-state index contributed by atoms with van der Waals surface area (Å²) in [4.78, 5) is 28.9. The van der Waals surface area contributed by atoms with Crippen molar-refractivity contribution in [3.8, 4) is 0 Å². The Bertz CT molecular complexity index is 561. The summed E-state index contributed by atoms with van der Waals surface area (Å²) in [5.74, 6) is -0.0172. The number of H-pyrrole nitrogens is 1. The van der Waals surface area contributed by atoms with Crippen LogP contribution in [0.2, 0.25) is 5.15 Å². The standard InChI is InChI=1S/C14H24ClN3O2/c1-9(2)11-12(15)16-14(20)18(13(11)19)8-6-7-17(5)10(3)4/h9-10H,6-8H2,1-5H3,(H,16,20). The molecule has 20 heavy (non-hydrogen) atoms. The largest absolute Gasteiger partial charge is 0.329 e. The molecule has 0 saturated carbocycles. The molecule has 114 valence electrons. The maximum atomic E-state index is 12.3. The van der Waals surface area contributed by atoms with Crippen LogP contribution in [0.3, 0.4) is 0 Å². The van der Waals surface area contributed by atoms with Gasteiger partial charge in [-0.3, -0.25) is 14.3 Å². The topological polar surface area (TPSA) is 58.1 Å². The van der Waals surface area contributed by atoms with Gasteiger partial charge in [-0.2, -0.15) is 0 Å². The predicted octanol–water partition coefficient (Wildman–Crippen LogP) is 2.04. The quantitative estimate of drug-likeness (QED) is 0.818. The second kappa shape index (κ2) is 7.09. The van der Waals surface area contributed by atoms with Crippen LogP contribution in [-0.2, 0) is 6.54 Å². The van der Waals surface area contributed by atoms with Gasteiger partial charge in [-0.15, -0.1) is 0 Å². The summed E-state index contributed by atoms with van der Waals surface area (Å²) in [5, 5.41) is 0.158. The molecule has 5 nitrogen and oxygen atoms in total. The van der Waals surface area contributed by atoms with Crippen molar-refractivity contribution < 1.29 is 0 Å². The van der Waals surface area contributed by atoms with E-state index < -0.39 is 5.69 Å². The Hall–Kier alpha value is -1.07. The lowest BCUT2D eigenvalue weighted by Crippen LogP contribution is -2.39. The van der Waals surface area contributed by atoms with Crippen LogP contribution in [0.1, 0.15) is 45.6 Å². The molecule has 0 radical (unpaired) electrons. The molecule has 1 aromatic heterocycles. The van der Waals surface area contributed by atoms with Crippen LogP contribution in [-0.4, -0.2) is 34.1 Å². The molecule has 1 rings (SSSR count). The highest BCUT2D eigenvalue weighted by molar-refractivity contribution is 6.30. The van der Waals surface area contributed by atoms with E-state index in [1.54, 1.807) is 0 Å². The zero-order valence-corrected chi connectivity index (χ0v) is 13.6. The molecule has 0 fully saturated rings. The Balaban J connectivity index is 2.94. The highest BCUT2D eigenvalue weighted by atomic mass is 35.5. The van der Waals surface area contributed by atoms with Gasteiger partial charge in [0, 0.05) is 12.6 Å². The molecule has 1 aromatic rings. The third kappa shape index (κ3) is 3.96. The summed E-state index contributed by atoms with van der Waals surface area (Å²) in [7, 11) is 2.03. The monoisotopic (exact) mass is 301 g/mol. The lowest BCUT2D eigenvalue weighted by molar-refractivity contribution is 0.264. The van der Waals surface area contributed by atoms with Crippen molar-refractivity contribution in [2.45, 2.75) is 52.6 Å². The normalized spacial score (nSPS) is 11.8. The third-order valence-corrected chi connectivity index (χ3v) is 3.82. The predicted molar refractivity (Wildman–Crippen MR) is 82.8 cm³/mol. The Morgan fingerprint density at radius 1 is 1.25 bits per heavy atom. The van der Waals surface area contributed by atoms with E-state index in [4.69, 9.17) is 11.6 Å². The molecular weight excluding hydrogens is 278 g/mol. The number of halogens is 1. The van der Waals surface area contributed by atoms with Crippen LogP contribution in [0.15, 0.2) is 9.59 Å². The van der Waals surface area contributed by atoms with Crippen molar-refractivity contribution in [1.82, 2.24) is 14.5 Å². The molecule has 6 heteroatoms. The number of nitrogens with zero attached hydrogens (tertiary/aromatic N) is 2. The molecule has 0 atom stereocenters. The fourth-order valence-electron chi connectivity index (χ4n) is 2.00. The fraction of sp³-hybridized carbons (Fsp3) is 0.714. The van der Waals surface area contributed by atoms with E-state index in [0.717, 1.165) is 13.0 Å². The van der Waals surface area contributed by atoms with Crippen molar-refractivity contribution in [2.75, 3.05) is 13.6 Å². The number of hydrogen-bond acceptors (Lipinski definition) is 3. The minimum absolute atomic E-state index is 0.0172. The van der Waals surface area contributed by atoms with Crippen molar-refractivity contribution in [3.63, 3.8) is 0 Å². The number of aromatic amines is 1. The summed E-state index contributed by atoms with van der Waals surface area (Å²) < 4.78 is 1.25. The highest BCUT2D eigenvalue weighted by Gasteiger charge is 2.15. The molecule has 0 aliphatic rings. The van der Waals surface area contributed by atoms with E-state index in [9.17, 15) is 9.59 Å². The minimum atomic E-state index is -0.434. The first-order chi connectivity index (χ1) is 9.25. The lowest BCUT2D eigenvalue weighted by Gasteiger charge is -2.20. The van der Waals surface area contributed by atoms with Gasteiger partial charge in [0.2, 0.25) is 0 Å². The SMILES string of the molecule is CC(C)c1c(Cl)[nH]c(=O)n(CCCN(C)C(C)C)c1=O. The van der Waals surface area contributed by atoms with E-state index in [1.165, 1.54) is 4.57 Å². The summed E-state index contributed by atoms with van der Waals surface area (Å²) in [6, 6.07) is 0.446. The van der Waals surface area contributed by atoms with E-state index in [-0.39, 0.29) is 16.6 Å². The Labute approximate surface area is 124 Å². The first-order valence-corrected chi connectivity index (χ1v) is 7.36. The van der Waals surface area contributed by atoms with Gasteiger partial charge in [-0.05, 0) is 39.8 Å². The Morgan fingerprint density at radius 3 is 2.35 bits per heavy atom. The minimum Gasteiger partial charge on any atom is -0.304 e. The van der Waals surface area contributed by atoms with Crippen molar-refractivity contribution in [3.05, 3.63) is 31.6 Å². The lowest BCUT2D eigenvalue weighted by atomic mass is 10.1. The third-order valence-electron chi connectivity index (χ3n) is 3.53. The van der Waals surface area contributed by atoms with Gasteiger partial charge in [0.25, 0.3) is 5.56 Å². The van der Waals surface area contributed by atoms with Crippen molar-refractivity contribution in [2.24, 2.45) is 0 Å². The average Bonchev–Trinajstić information content (AvgIpc) is 2.31. The highest BCUT2D eigenvalue weighted by Crippen LogP contribution is 2.16. The van der Waals surface area contributed by atoms with Crippen LogP contribution in [0.5, 0.6) is 0 Å². The average molecular weight is 302 g/mol. The van der Waals surface area contributed by atoms with E-state index in [2.05, 4.69) is 23.7 Å². The summed E-state index contributed by atoms with van der Waals surface area (Å²) >= 11 is 5.95. The van der Waals surface area contributed by atoms with Crippen molar-refractivity contribution in [1.29, 1.82) is 0 Å². The summed E-state index contributed by atoms with van der Waals surface area (Å²) in [6.45, 7) is 9.23. The maximum absolute atomic E-state index is 12.3. The molecule has 0 aliphatic heterocycles. The van der Waals surface area contributed by atoms with Crippen LogP contribution in [0, 0.1) is 0 Å². The van der Waals surface area contributed by atoms with E-state index in [1.807, 2.05) is 20.9 Å². The van der Waals surface area contributed by atoms with Gasteiger partial charge in [-0.1, -0.05) is 25.4 Å². The smallest absolute Gasteiger partial charge is 0.304 e. The van der Waals surface area contributed by atoms with Crippen LogP contribution < -0.4 is 11.2 Å². The van der Waals surface area contributed by atoms with E-state index in [0.29, 0.717) is 18.2 Å². The van der Waals surface area contributed by atoms with Gasteiger partial charge in [0.15, 0.2) is 0 Å². The van der Waals surface area contributed by atoms with Gasteiger partial charge in [0.1, 0.15) is 5.15 Å². The molecule has 0 aliphatic carbocycles. The number of nitrogens with one attached hydrogen (secondary N) is 1. The Kier molecular flexibility index (Phi) is 6.02. The fourth-order valence-corrected chi connectivity index (χ4v) is 2.38. The van der Waals surface area contributed by atoms with Crippen LogP contribution in [0.4, 0.5) is 0 Å². The molecular formula is C14H24ClN3O2. The van der Waals surface area contributed by atoms with Gasteiger partial charge < -0.3 is 4.90 Å². The number of rotatable bonds is 6. The maximum Gasteiger partial charge on any atom is 0.329 e. The van der Waals surface area contributed by atoms with Gasteiger partial charge >= 0.3 is 5.69 Å². The molecule has 1 heterocycles. The van der Waals surface area contributed by atoms with Crippen molar-refractivity contribution >= 4 is 11.6 Å². The first-order valence-electron chi connectivity index (χ1n) is 6.98. The zero-order chi connectivity index (χ0) is 15.4. The van der Waals surface area contributed by atoms with Gasteiger partial charge in [0.05, 0.1) is 5.56 Å². The zero-order valence-electron chi connectivity index (χ0n) is 12.9. The molecule has 0 amide bonds. The molecule has 1 N–H and O–H groups in total. The number of aromatic nitrogens is 2. The molecule has 0 aromatic carbocycles. The first kappa shape index (κ1) is 17.0. The molecule has 0 spiro atoms. The summed E-state index contributed by atoms with van der Waals surface area (Å²) in [5.41, 5.74) is -0.235. The van der Waals surface area contributed by atoms with Gasteiger partial charge in [-0.25, -0.2) is 4.79 Å². The summed E-state index contributed by atoms with van der Waals surface area (Å²) in [6.07, 6.45) is 0.747. The van der Waals surface area contributed by atoms with E-state index >= 15 is 0 Å². The second-order valence-corrected chi connectivity index (χ2v) is 6.08. The van der Waals surface area contributed by atoms with Crippen LogP contribution >= 0.6 is 11.6 Å².